The van der Waals surface area contributed by atoms with Crippen LogP contribution in [0.2, 0.25) is 0 Å². The van der Waals surface area contributed by atoms with E-state index in [1.165, 1.54) is 24.1 Å². The van der Waals surface area contributed by atoms with Crippen molar-refractivity contribution in [3.8, 4) is 0 Å². The maximum atomic E-state index is 11.1. The van der Waals surface area contributed by atoms with Crippen LogP contribution in [-0.4, -0.2) is 22.9 Å². The third-order valence-electron chi connectivity index (χ3n) is 4.43. The molecule has 1 saturated carbocycles. The summed E-state index contributed by atoms with van der Waals surface area (Å²) in [6.45, 7) is 10.1. The maximum Gasteiger partial charge on any atom is 1.00 e. The summed E-state index contributed by atoms with van der Waals surface area (Å²) in [5.41, 5.74) is 2.67. The number of carbonyl (C=O) groups is 1. The average molecular weight is 306 g/mol. The fourth-order valence-corrected chi connectivity index (χ4v) is 2.90. The van der Waals surface area contributed by atoms with Crippen LogP contribution in [0.25, 0.3) is 0 Å². The number of fused-ring (bicyclic) bond motifs is 1. The van der Waals surface area contributed by atoms with Crippen molar-refractivity contribution < 1.29 is 23.7 Å². The van der Waals surface area contributed by atoms with E-state index < -0.39 is 0 Å². The van der Waals surface area contributed by atoms with Crippen LogP contribution in [0.3, 0.4) is 0 Å². The number of nitrogens with one attached hydrogen (secondary N) is 1. The summed E-state index contributed by atoms with van der Waals surface area (Å²) >= 11 is 0. The van der Waals surface area contributed by atoms with Crippen molar-refractivity contribution in [2.24, 2.45) is 5.92 Å². The second kappa shape index (κ2) is 9.62. The first kappa shape index (κ1) is 20.4. The first-order valence-electron chi connectivity index (χ1n) is 8.26. The quantitative estimate of drug-likeness (QED) is 0.489. The molecular weight excluding hydrogens is 279 g/mol. The summed E-state index contributed by atoms with van der Waals surface area (Å²) in [7, 11) is 0. The Hall–Kier alpha value is -0.623. The van der Waals surface area contributed by atoms with E-state index >= 15 is 0 Å². The van der Waals surface area contributed by atoms with Gasteiger partial charge in [0.1, 0.15) is 5.78 Å². The summed E-state index contributed by atoms with van der Waals surface area (Å²) in [5.74, 6) is 0.855. The van der Waals surface area contributed by atoms with Crippen molar-refractivity contribution in [2.75, 3.05) is 6.54 Å². The second-order valence-corrected chi connectivity index (χ2v) is 6.57. The van der Waals surface area contributed by atoms with Crippen molar-refractivity contribution in [3.05, 3.63) is 43.4 Å². The molecule has 0 aromatic carbocycles. The van der Waals surface area contributed by atoms with Gasteiger partial charge in [-0.05, 0) is 25.7 Å². The molecule has 1 fully saturated rings. The molecule has 1 aromatic rings. The molecule has 3 nitrogen and oxygen atoms in total. The van der Waals surface area contributed by atoms with E-state index in [4.69, 9.17) is 0 Å². The number of aryl methyl sites for hydroxylation is 2. The Labute approximate surface area is 153 Å². The van der Waals surface area contributed by atoms with E-state index in [2.05, 4.69) is 30.2 Å². The van der Waals surface area contributed by atoms with E-state index in [1.54, 1.807) is 6.92 Å². The molecule has 3 rings (SSSR count). The van der Waals surface area contributed by atoms with Gasteiger partial charge in [-0.25, -0.2) is 0 Å². The Kier molecular flexibility index (Phi) is 8.54. The second-order valence-electron chi connectivity index (χ2n) is 6.57. The van der Waals surface area contributed by atoms with Gasteiger partial charge < -0.3 is 28.9 Å². The minimum atomic E-state index is 0. The first-order valence-corrected chi connectivity index (χ1v) is 8.26. The molecule has 122 valence electrons. The molecule has 0 aliphatic heterocycles. The van der Waals surface area contributed by atoms with Gasteiger partial charge in [0, 0.05) is 6.42 Å². The Morgan fingerprint density at radius 1 is 1.43 bits per heavy atom. The molecular formula is C19H27LiN2O-2. The summed E-state index contributed by atoms with van der Waals surface area (Å²) in [5, 5.41) is 3.17. The Bertz CT molecular complexity index is 473. The van der Waals surface area contributed by atoms with Gasteiger partial charge in [0.05, 0.1) is 0 Å². The predicted octanol–water partition coefficient (Wildman–Crippen LogP) is 0.137. The zero-order valence-electron chi connectivity index (χ0n) is 14.7. The number of aromatic nitrogens is 1. The number of nitrogens with zero attached hydrogens (tertiary/aromatic N) is 1. The van der Waals surface area contributed by atoms with E-state index in [0.717, 1.165) is 38.6 Å². The summed E-state index contributed by atoms with van der Waals surface area (Å²) in [4.78, 5) is 15.5. The number of hydrogen-bond acceptors (Lipinski definition) is 3. The molecule has 0 bridgehead atoms. The van der Waals surface area contributed by atoms with Crippen molar-refractivity contribution in [2.45, 2.75) is 57.4 Å². The summed E-state index contributed by atoms with van der Waals surface area (Å²) in [6.07, 6.45) is 9.22. The van der Waals surface area contributed by atoms with E-state index in [1.807, 2.05) is 12.3 Å². The van der Waals surface area contributed by atoms with Crippen LogP contribution in [-0.2, 0) is 17.6 Å². The minimum Gasteiger partial charge on any atom is -0.387 e. The van der Waals surface area contributed by atoms with Crippen LogP contribution in [0.5, 0.6) is 0 Å². The molecule has 0 saturated heterocycles. The van der Waals surface area contributed by atoms with Gasteiger partial charge in [-0.1, -0.05) is 37.6 Å². The molecule has 1 unspecified atom stereocenters. The molecule has 0 amide bonds. The molecule has 2 aliphatic rings. The number of carbonyl (C=O) groups excluding carboxylic acids is 1. The van der Waals surface area contributed by atoms with Crippen LogP contribution in [0.1, 0.15) is 50.3 Å². The Morgan fingerprint density at radius 2 is 2.13 bits per heavy atom. The van der Waals surface area contributed by atoms with Crippen molar-refractivity contribution in [1.82, 2.24) is 10.3 Å². The largest absolute Gasteiger partial charge is 1.00 e. The van der Waals surface area contributed by atoms with Gasteiger partial charge in [-0.2, -0.15) is 12.1 Å². The van der Waals surface area contributed by atoms with E-state index in [9.17, 15) is 4.79 Å². The molecule has 1 heterocycles. The SMILES string of the molecule is CC(=O)CC1CCc2[c-]ccnc2CC1.[CH2-]CNC1([CH2-])CC1.[Li+]. The van der Waals surface area contributed by atoms with Gasteiger partial charge in [0.25, 0.3) is 0 Å². The van der Waals surface area contributed by atoms with Crippen LogP contribution >= 0.6 is 0 Å². The Morgan fingerprint density at radius 3 is 2.70 bits per heavy atom. The fraction of sp³-hybridized carbons (Fsp3) is 0.579. The van der Waals surface area contributed by atoms with Crippen molar-refractivity contribution in [1.29, 1.82) is 0 Å². The monoisotopic (exact) mass is 306 g/mol. The molecule has 23 heavy (non-hydrogen) atoms. The fourth-order valence-electron chi connectivity index (χ4n) is 2.90. The number of rotatable bonds is 4. The van der Waals surface area contributed by atoms with Crippen molar-refractivity contribution in [3.63, 3.8) is 0 Å². The van der Waals surface area contributed by atoms with Crippen LogP contribution < -0.4 is 24.2 Å². The van der Waals surface area contributed by atoms with Gasteiger partial charge in [-0.3, -0.25) is 0 Å². The van der Waals surface area contributed by atoms with Gasteiger partial charge >= 0.3 is 18.9 Å². The summed E-state index contributed by atoms with van der Waals surface area (Å²) in [6, 6.07) is 5.13. The minimum absolute atomic E-state index is 0. The molecule has 1 atom stereocenters. The van der Waals surface area contributed by atoms with Crippen molar-refractivity contribution >= 4 is 5.78 Å². The predicted molar refractivity (Wildman–Crippen MR) is 89.2 cm³/mol. The number of ketones is 1. The third kappa shape index (κ3) is 7.21. The van der Waals surface area contributed by atoms with E-state index in [-0.39, 0.29) is 24.4 Å². The number of Topliss-reactive ketones (excluding diaryl/α,β-unsaturated/α-hetero) is 1. The number of hydrogen-bond donors (Lipinski definition) is 1. The molecule has 1 N–H and O–H groups in total. The van der Waals surface area contributed by atoms with Crippen LogP contribution in [0, 0.1) is 25.8 Å². The van der Waals surface area contributed by atoms with Gasteiger partial charge in [-0.15, -0.1) is 17.6 Å². The standard InChI is InChI=1S/C13H16NO.C6H11N.Li/c1-10(15)9-11-4-6-12-3-2-8-14-13(12)7-5-11;1-3-7-6(2)4-5-6;/h2,8,11H,4-7,9H2,1H3;7H,1-5H2;/q-1;-2;+1. The molecule has 2 aliphatic carbocycles. The zero-order chi connectivity index (χ0) is 16.0. The Balaban J connectivity index is 0.000000280. The molecule has 0 spiro atoms. The van der Waals surface area contributed by atoms with Gasteiger partial charge in [0.2, 0.25) is 0 Å². The molecule has 1 aromatic heterocycles. The third-order valence-corrected chi connectivity index (χ3v) is 4.43. The molecule has 0 radical (unpaired) electrons. The summed E-state index contributed by atoms with van der Waals surface area (Å²) < 4.78 is 0. The zero-order valence-corrected chi connectivity index (χ0v) is 14.7. The smallest absolute Gasteiger partial charge is 0.387 e. The molecule has 4 heteroatoms. The number of pyridine rings is 1. The average Bonchev–Trinajstić information content (AvgIpc) is 3.23. The maximum absolute atomic E-state index is 11.1. The first-order chi connectivity index (χ1) is 10.5. The van der Waals surface area contributed by atoms with E-state index in [0.29, 0.717) is 11.7 Å². The topological polar surface area (TPSA) is 42.0 Å². The normalized spacial score (nSPS) is 20.9. The van der Waals surface area contributed by atoms with Gasteiger partial charge in [0.15, 0.2) is 0 Å². The van der Waals surface area contributed by atoms with Crippen LogP contribution in [0.4, 0.5) is 0 Å². The van der Waals surface area contributed by atoms with Crippen LogP contribution in [0.15, 0.2) is 12.3 Å².